The second-order valence-corrected chi connectivity index (χ2v) is 10.2. The Morgan fingerprint density at radius 2 is 1.95 bits per heavy atom. The summed E-state index contributed by atoms with van der Waals surface area (Å²) >= 11 is 0. The average Bonchev–Trinajstić information content (AvgIpc) is 3.60. The van der Waals surface area contributed by atoms with Gasteiger partial charge in [0, 0.05) is 49.9 Å². The minimum Gasteiger partial charge on any atom is -0.489 e. The van der Waals surface area contributed by atoms with E-state index >= 15 is 0 Å². The number of benzene rings is 1. The van der Waals surface area contributed by atoms with Crippen molar-refractivity contribution in [2.24, 2.45) is 0 Å². The Hall–Kier alpha value is -3.98. The lowest BCUT2D eigenvalue weighted by molar-refractivity contribution is 0.102. The molecule has 202 valence electrons. The van der Waals surface area contributed by atoms with Gasteiger partial charge in [0.2, 0.25) is 0 Å². The predicted octanol–water partition coefficient (Wildman–Crippen LogP) is 2.57. The average molecular weight is 529 g/mol. The molecule has 1 saturated heterocycles. The summed E-state index contributed by atoms with van der Waals surface area (Å²) in [7, 11) is 0. The normalized spacial score (nSPS) is 20.2. The molecule has 2 aliphatic rings. The van der Waals surface area contributed by atoms with Crippen LogP contribution in [0.3, 0.4) is 0 Å². The second kappa shape index (κ2) is 11.0. The Bertz CT molecular complexity index is 1520. The Morgan fingerprint density at radius 3 is 2.72 bits per heavy atom. The maximum Gasteiger partial charge on any atom is 0.274 e. The Labute approximate surface area is 226 Å². The number of aliphatic hydroxyl groups excluding tert-OH is 1. The molecule has 2 fully saturated rings. The van der Waals surface area contributed by atoms with E-state index in [0.717, 1.165) is 49.9 Å². The topological polar surface area (TPSA) is 133 Å². The number of rotatable bonds is 7. The van der Waals surface area contributed by atoms with E-state index in [1.165, 1.54) is 23.6 Å². The molecule has 0 bridgehead atoms. The molecule has 1 aromatic carbocycles. The molecule has 6 rings (SSSR count). The molecule has 4 aromatic rings. The van der Waals surface area contributed by atoms with Crippen LogP contribution < -0.4 is 15.4 Å². The van der Waals surface area contributed by atoms with E-state index in [9.17, 15) is 9.90 Å². The summed E-state index contributed by atoms with van der Waals surface area (Å²) < 4.78 is 9.35. The summed E-state index contributed by atoms with van der Waals surface area (Å²) in [4.78, 5) is 15.9. The molecule has 11 heteroatoms. The van der Waals surface area contributed by atoms with Crippen LogP contribution in [0.2, 0.25) is 0 Å². The van der Waals surface area contributed by atoms with E-state index in [-0.39, 0.29) is 19.1 Å². The number of hydrogen-bond acceptors (Lipinski definition) is 8. The molecule has 0 unspecified atom stereocenters. The van der Waals surface area contributed by atoms with E-state index in [1.807, 2.05) is 18.3 Å². The number of piperazine rings is 1. The van der Waals surface area contributed by atoms with Crippen LogP contribution in [0.15, 0.2) is 42.7 Å². The molecule has 1 aliphatic heterocycles. The first-order chi connectivity index (χ1) is 19.1. The van der Waals surface area contributed by atoms with E-state index in [4.69, 9.17) is 15.1 Å². The molecular weight excluding hydrogens is 496 g/mol. The number of carbonyl (C=O) groups is 1. The van der Waals surface area contributed by atoms with Crippen molar-refractivity contribution in [3.05, 3.63) is 54.0 Å². The number of hydrogen-bond donors (Lipinski definition) is 3. The largest absolute Gasteiger partial charge is 0.489 e. The van der Waals surface area contributed by atoms with Gasteiger partial charge in [0.1, 0.15) is 24.1 Å². The predicted molar refractivity (Wildman–Crippen MR) is 146 cm³/mol. The van der Waals surface area contributed by atoms with Crippen LogP contribution in [0.1, 0.15) is 47.8 Å². The van der Waals surface area contributed by atoms with Gasteiger partial charge in [-0.3, -0.25) is 14.4 Å². The zero-order valence-electron chi connectivity index (χ0n) is 21.7. The van der Waals surface area contributed by atoms with Gasteiger partial charge in [0.15, 0.2) is 0 Å². The van der Waals surface area contributed by atoms with Crippen LogP contribution in [-0.2, 0) is 0 Å². The zero-order valence-corrected chi connectivity index (χ0v) is 21.7. The van der Waals surface area contributed by atoms with E-state index in [1.54, 1.807) is 18.2 Å². The third-order valence-corrected chi connectivity index (χ3v) is 7.79. The Balaban J connectivity index is 1.22. The maximum atomic E-state index is 13.2. The maximum absolute atomic E-state index is 13.2. The zero-order chi connectivity index (χ0) is 26.8. The number of aromatic nitrogens is 4. The van der Waals surface area contributed by atoms with Gasteiger partial charge in [0.05, 0.1) is 41.1 Å². The number of nitrogens with zero attached hydrogens (tertiary/aromatic N) is 6. The molecule has 11 nitrogen and oxygen atoms in total. The highest BCUT2D eigenvalue weighted by Gasteiger charge is 2.28. The van der Waals surface area contributed by atoms with Crippen molar-refractivity contribution >= 4 is 28.0 Å². The molecule has 4 heterocycles. The second-order valence-electron chi connectivity index (χ2n) is 10.2. The summed E-state index contributed by atoms with van der Waals surface area (Å²) in [5, 5.41) is 34.9. The smallest absolute Gasteiger partial charge is 0.274 e. The van der Waals surface area contributed by atoms with E-state index in [0.29, 0.717) is 40.3 Å². The van der Waals surface area contributed by atoms with E-state index in [2.05, 4.69) is 31.4 Å². The van der Waals surface area contributed by atoms with Crippen molar-refractivity contribution in [3.63, 3.8) is 0 Å². The fourth-order valence-electron chi connectivity index (χ4n) is 5.79. The molecule has 3 N–H and O–H groups in total. The van der Waals surface area contributed by atoms with Gasteiger partial charge >= 0.3 is 0 Å². The van der Waals surface area contributed by atoms with Crippen molar-refractivity contribution in [1.82, 2.24) is 29.6 Å². The molecular formula is C28H32N8O3. The molecule has 0 spiro atoms. The molecule has 0 radical (unpaired) electrons. The molecule has 1 amide bonds. The van der Waals surface area contributed by atoms with Crippen LogP contribution in [0.4, 0.5) is 5.69 Å². The van der Waals surface area contributed by atoms with Gasteiger partial charge in [-0.15, -0.1) is 0 Å². The Morgan fingerprint density at radius 1 is 1.15 bits per heavy atom. The fourth-order valence-corrected chi connectivity index (χ4v) is 5.79. The highest BCUT2D eigenvalue weighted by Crippen LogP contribution is 2.35. The van der Waals surface area contributed by atoms with Crippen LogP contribution in [0.25, 0.3) is 16.4 Å². The van der Waals surface area contributed by atoms with Crippen LogP contribution in [0, 0.1) is 11.3 Å². The van der Waals surface area contributed by atoms with E-state index < -0.39 is 0 Å². The van der Waals surface area contributed by atoms with Crippen LogP contribution in [0.5, 0.6) is 5.75 Å². The minimum absolute atomic E-state index is 0.0949. The van der Waals surface area contributed by atoms with Gasteiger partial charge in [-0.2, -0.15) is 15.5 Å². The SMILES string of the molecule is N#Cc1cnn2c(C(=O)Nc3cc4cn(C5CCC(N6CCNCC6)CC5)nc4cc3OCCO)ccc2c1. The van der Waals surface area contributed by atoms with Crippen molar-refractivity contribution in [3.8, 4) is 11.8 Å². The Kier molecular flexibility index (Phi) is 7.15. The number of nitriles is 1. The van der Waals surface area contributed by atoms with Gasteiger partial charge < -0.3 is 20.5 Å². The van der Waals surface area contributed by atoms with Crippen molar-refractivity contribution < 1.29 is 14.6 Å². The monoisotopic (exact) mass is 528 g/mol. The summed E-state index contributed by atoms with van der Waals surface area (Å²) in [6.07, 6.45) is 7.99. The molecule has 3 aromatic heterocycles. The van der Waals surface area contributed by atoms with Gasteiger partial charge in [0.25, 0.3) is 5.91 Å². The number of fused-ring (bicyclic) bond motifs is 2. The van der Waals surface area contributed by atoms with Crippen molar-refractivity contribution in [2.45, 2.75) is 37.8 Å². The molecule has 1 saturated carbocycles. The first-order valence-corrected chi connectivity index (χ1v) is 13.5. The third kappa shape index (κ3) is 5.18. The number of amides is 1. The number of nitrogens with one attached hydrogen (secondary N) is 2. The fraction of sp³-hybridized carbons (Fsp3) is 0.429. The van der Waals surface area contributed by atoms with Gasteiger partial charge in [-0.25, -0.2) is 4.52 Å². The minimum atomic E-state index is -0.362. The van der Waals surface area contributed by atoms with Gasteiger partial charge in [-0.1, -0.05) is 0 Å². The van der Waals surface area contributed by atoms with Crippen molar-refractivity contribution in [1.29, 1.82) is 5.26 Å². The summed E-state index contributed by atoms with van der Waals surface area (Å²) in [6, 6.07) is 11.8. The number of aliphatic hydroxyl groups is 1. The third-order valence-electron chi connectivity index (χ3n) is 7.79. The lowest BCUT2D eigenvalue weighted by atomic mass is 9.90. The highest BCUT2D eigenvalue weighted by molar-refractivity contribution is 6.05. The first-order valence-electron chi connectivity index (χ1n) is 13.5. The standard InChI is InChI=1S/C28H32N8O3/c29-16-19-13-23-5-6-26(36(23)31-17-19)28(38)32-25-14-20-18-35(33-24(20)15-27(25)39-12-11-37)22-3-1-21(2-4-22)34-9-7-30-8-10-34/h5-6,13-15,17-18,21-22,30,37H,1-4,7-12H2,(H,32,38). The highest BCUT2D eigenvalue weighted by atomic mass is 16.5. The number of anilines is 1. The van der Waals surface area contributed by atoms with Crippen molar-refractivity contribution in [2.75, 3.05) is 44.7 Å². The van der Waals surface area contributed by atoms with Crippen LogP contribution >= 0.6 is 0 Å². The van der Waals surface area contributed by atoms with Crippen LogP contribution in [-0.4, -0.2) is 80.7 Å². The molecule has 1 aliphatic carbocycles. The quantitative estimate of drug-likeness (QED) is 0.333. The number of ether oxygens (including phenoxy) is 1. The molecule has 39 heavy (non-hydrogen) atoms. The lowest BCUT2D eigenvalue weighted by Crippen LogP contribution is -2.49. The molecule has 0 atom stereocenters. The van der Waals surface area contributed by atoms with Gasteiger partial charge in [-0.05, 0) is 49.9 Å². The lowest BCUT2D eigenvalue weighted by Gasteiger charge is -2.39. The number of carbonyl (C=O) groups excluding carboxylic acids is 1. The summed E-state index contributed by atoms with van der Waals surface area (Å²) in [6.45, 7) is 4.35. The summed E-state index contributed by atoms with van der Waals surface area (Å²) in [5.41, 5.74) is 2.68. The first kappa shape index (κ1) is 25.3. The summed E-state index contributed by atoms with van der Waals surface area (Å²) in [5.74, 6) is 0.0807.